The van der Waals surface area contributed by atoms with Crippen LogP contribution in [0.4, 0.5) is 0 Å². The average molecular weight is 309 g/mol. The molecule has 0 radical (unpaired) electrons. The summed E-state index contributed by atoms with van der Waals surface area (Å²) in [5.41, 5.74) is 5.98. The van der Waals surface area contributed by atoms with Gasteiger partial charge in [0.2, 0.25) is 5.91 Å². The highest BCUT2D eigenvalue weighted by Crippen LogP contribution is 2.19. The lowest BCUT2D eigenvalue weighted by Crippen LogP contribution is -2.47. The first kappa shape index (κ1) is 16.5. The Balaban J connectivity index is 1.99. The maximum absolute atomic E-state index is 12.4. The van der Waals surface area contributed by atoms with Gasteiger partial charge in [-0.3, -0.25) is 9.69 Å². The number of thiophene rings is 1. The zero-order valence-corrected chi connectivity index (χ0v) is 13.9. The van der Waals surface area contributed by atoms with Crippen LogP contribution in [-0.2, 0) is 11.3 Å². The summed E-state index contributed by atoms with van der Waals surface area (Å²) in [7, 11) is 0. The third-order valence-corrected chi connectivity index (χ3v) is 5.05. The number of hydrogen-bond acceptors (Lipinski definition) is 4. The zero-order chi connectivity index (χ0) is 15.2. The maximum Gasteiger partial charge on any atom is 0.224 e. The molecule has 5 heteroatoms. The van der Waals surface area contributed by atoms with Crippen molar-refractivity contribution in [1.29, 1.82) is 0 Å². The lowest BCUT2D eigenvalue weighted by Gasteiger charge is -2.34. The second kappa shape index (κ2) is 7.92. The van der Waals surface area contributed by atoms with E-state index < -0.39 is 0 Å². The predicted octanol–water partition coefficient (Wildman–Crippen LogP) is 2.30. The molecule has 0 aliphatic carbocycles. The van der Waals surface area contributed by atoms with Gasteiger partial charge in [-0.2, -0.15) is 0 Å². The molecule has 118 valence electrons. The van der Waals surface area contributed by atoms with Gasteiger partial charge in [-0.1, -0.05) is 6.07 Å². The van der Waals surface area contributed by atoms with Crippen molar-refractivity contribution in [3.05, 3.63) is 22.4 Å². The Hall–Kier alpha value is -0.910. The van der Waals surface area contributed by atoms with Crippen LogP contribution >= 0.6 is 11.3 Å². The van der Waals surface area contributed by atoms with Crippen LogP contribution in [0.1, 0.15) is 38.0 Å². The van der Waals surface area contributed by atoms with Gasteiger partial charge in [-0.05, 0) is 38.1 Å². The number of nitrogens with two attached hydrogens (primary N) is 1. The fourth-order valence-electron chi connectivity index (χ4n) is 2.95. The smallest absolute Gasteiger partial charge is 0.224 e. The van der Waals surface area contributed by atoms with Gasteiger partial charge in [0.25, 0.3) is 0 Å². The van der Waals surface area contributed by atoms with E-state index in [2.05, 4.69) is 36.3 Å². The molecule has 4 nitrogen and oxygen atoms in total. The maximum atomic E-state index is 12.4. The van der Waals surface area contributed by atoms with Crippen LogP contribution in [0, 0.1) is 0 Å². The number of hydrogen-bond donors (Lipinski definition) is 1. The minimum Gasteiger partial charge on any atom is -0.343 e. The Labute approximate surface area is 131 Å². The summed E-state index contributed by atoms with van der Waals surface area (Å²) in [5.74, 6) is 0.264. The van der Waals surface area contributed by atoms with Crippen LogP contribution in [0.15, 0.2) is 17.5 Å². The highest BCUT2D eigenvalue weighted by molar-refractivity contribution is 7.09. The predicted molar refractivity (Wildman–Crippen MR) is 88.3 cm³/mol. The Morgan fingerprint density at radius 3 is 2.67 bits per heavy atom. The third kappa shape index (κ3) is 4.53. The average Bonchev–Trinajstić information content (AvgIpc) is 3.14. The number of carbonyl (C=O) groups is 1. The van der Waals surface area contributed by atoms with E-state index in [1.54, 1.807) is 11.3 Å². The first-order chi connectivity index (χ1) is 10.1. The third-order valence-electron chi connectivity index (χ3n) is 4.19. The standard InChI is InChI=1S/C16H27N3OS/c1-13(2)19(12-15-6-5-9-21-15)14(11-17)10-16(20)18-7-3-4-8-18/h5-6,9,13-14H,3-4,7-8,10-12,17H2,1-2H3. The number of carbonyl (C=O) groups excluding carboxylic acids is 1. The van der Waals surface area contributed by atoms with Crippen molar-refractivity contribution < 1.29 is 4.79 Å². The van der Waals surface area contributed by atoms with Crippen molar-refractivity contribution >= 4 is 17.2 Å². The Kier molecular flexibility index (Phi) is 6.21. The topological polar surface area (TPSA) is 49.6 Å². The van der Waals surface area contributed by atoms with Crippen molar-refractivity contribution in [3.8, 4) is 0 Å². The van der Waals surface area contributed by atoms with Crippen LogP contribution in [0.2, 0.25) is 0 Å². The van der Waals surface area contributed by atoms with Crippen LogP contribution in [0.5, 0.6) is 0 Å². The minimum absolute atomic E-state index is 0.125. The van der Waals surface area contributed by atoms with Gasteiger partial charge >= 0.3 is 0 Å². The summed E-state index contributed by atoms with van der Waals surface area (Å²) < 4.78 is 0. The SMILES string of the molecule is CC(C)N(Cc1cccs1)C(CN)CC(=O)N1CCCC1. The van der Waals surface area contributed by atoms with Gasteiger partial charge < -0.3 is 10.6 Å². The van der Waals surface area contributed by atoms with E-state index in [9.17, 15) is 4.79 Å². The van der Waals surface area contributed by atoms with Crippen molar-refractivity contribution in [2.45, 2.75) is 51.7 Å². The largest absolute Gasteiger partial charge is 0.343 e. The molecule has 0 aromatic carbocycles. The second-order valence-corrected chi connectivity index (χ2v) is 7.06. The molecule has 21 heavy (non-hydrogen) atoms. The summed E-state index contributed by atoms with van der Waals surface area (Å²) in [6.07, 6.45) is 2.82. The number of likely N-dealkylation sites (tertiary alicyclic amines) is 1. The van der Waals surface area contributed by atoms with Gasteiger partial charge in [0.05, 0.1) is 0 Å². The minimum atomic E-state index is 0.125. The molecule has 2 N–H and O–H groups in total. The van der Waals surface area contributed by atoms with Gasteiger partial charge in [0.15, 0.2) is 0 Å². The molecule has 1 aromatic rings. The summed E-state index contributed by atoms with van der Waals surface area (Å²) in [6.45, 7) is 7.60. The van der Waals surface area contributed by atoms with E-state index in [1.807, 2.05) is 4.90 Å². The van der Waals surface area contributed by atoms with Gasteiger partial charge in [-0.15, -0.1) is 11.3 Å². The molecule has 1 saturated heterocycles. The molecule has 1 amide bonds. The molecule has 0 bridgehead atoms. The fourth-order valence-corrected chi connectivity index (χ4v) is 3.66. The number of nitrogens with zero attached hydrogens (tertiary/aromatic N) is 2. The van der Waals surface area contributed by atoms with Gasteiger partial charge in [0, 0.05) is 49.6 Å². The van der Waals surface area contributed by atoms with E-state index in [4.69, 9.17) is 5.73 Å². The lowest BCUT2D eigenvalue weighted by molar-refractivity contribution is -0.131. The molecule has 1 atom stereocenters. The van der Waals surface area contributed by atoms with Crippen molar-refractivity contribution in [2.24, 2.45) is 5.73 Å². The molecule has 2 heterocycles. The van der Waals surface area contributed by atoms with Crippen LogP contribution in [0.25, 0.3) is 0 Å². The van der Waals surface area contributed by atoms with Crippen molar-refractivity contribution in [1.82, 2.24) is 9.80 Å². The first-order valence-electron chi connectivity index (χ1n) is 7.87. The second-order valence-electron chi connectivity index (χ2n) is 6.03. The number of rotatable bonds is 7. The fraction of sp³-hybridized carbons (Fsp3) is 0.688. The molecular formula is C16H27N3OS. The highest BCUT2D eigenvalue weighted by atomic mass is 32.1. The molecular weight excluding hydrogens is 282 g/mol. The van der Waals surface area contributed by atoms with Gasteiger partial charge in [-0.25, -0.2) is 0 Å². The van der Waals surface area contributed by atoms with E-state index in [1.165, 1.54) is 4.88 Å². The molecule has 1 unspecified atom stereocenters. The summed E-state index contributed by atoms with van der Waals surface area (Å²) >= 11 is 1.76. The van der Waals surface area contributed by atoms with E-state index in [-0.39, 0.29) is 11.9 Å². The van der Waals surface area contributed by atoms with E-state index >= 15 is 0 Å². The molecule has 1 aromatic heterocycles. The summed E-state index contributed by atoms with van der Waals surface area (Å²) in [5, 5.41) is 2.10. The van der Waals surface area contributed by atoms with Crippen molar-refractivity contribution in [3.63, 3.8) is 0 Å². The molecule has 0 spiro atoms. The molecule has 0 saturated carbocycles. The Morgan fingerprint density at radius 1 is 1.43 bits per heavy atom. The van der Waals surface area contributed by atoms with Crippen LogP contribution < -0.4 is 5.73 Å². The van der Waals surface area contributed by atoms with Crippen LogP contribution in [0.3, 0.4) is 0 Å². The molecule has 2 rings (SSSR count). The Morgan fingerprint density at radius 2 is 2.14 bits per heavy atom. The Bertz CT molecular complexity index is 427. The van der Waals surface area contributed by atoms with Crippen LogP contribution in [-0.4, -0.2) is 47.4 Å². The molecule has 1 aliphatic heterocycles. The van der Waals surface area contributed by atoms with Crippen molar-refractivity contribution in [2.75, 3.05) is 19.6 Å². The lowest BCUT2D eigenvalue weighted by atomic mass is 10.1. The summed E-state index contributed by atoms with van der Waals surface area (Å²) in [4.78, 5) is 18.1. The van der Waals surface area contributed by atoms with E-state index in [0.29, 0.717) is 19.0 Å². The normalized spacial score (nSPS) is 16.9. The highest BCUT2D eigenvalue weighted by Gasteiger charge is 2.26. The zero-order valence-electron chi connectivity index (χ0n) is 13.1. The van der Waals surface area contributed by atoms with E-state index in [0.717, 1.165) is 32.5 Å². The summed E-state index contributed by atoms with van der Waals surface area (Å²) in [6, 6.07) is 4.73. The molecule has 1 fully saturated rings. The molecule has 1 aliphatic rings. The quantitative estimate of drug-likeness (QED) is 0.841. The number of amides is 1. The first-order valence-corrected chi connectivity index (χ1v) is 8.75. The van der Waals surface area contributed by atoms with Gasteiger partial charge in [0.1, 0.15) is 0 Å². The monoisotopic (exact) mass is 309 g/mol.